The Kier molecular flexibility index (Phi) is 6.22. The van der Waals surface area contributed by atoms with Gasteiger partial charge in [-0.05, 0) is 42.0 Å². The van der Waals surface area contributed by atoms with Crippen molar-refractivity contribution in [2.75, 3.05) is 37.6 Å². The number of carbonyl (C=O) groups excluding carboxylic acids is 1. The highest BCUT2D eigenvalue weighted by Gasteiger charge is 2.17. The number of nitrogens with zero attached hydrogens (tertiary/aromatic N) is 3. The van der Waals surface area contributed by atoms with Crippen LogP contribution in [0.4, 0.5) is 5.69 Å². The Morgan fingerprint density at radius 1 is 1.04 bits per heavy atom. The van der Waals surface area contributed by atoms with Gasteiger partial charge in [-0.25, -0.2) is 5.43 Å². The van der Waals surface area contributed by atoms with Crippen LogP contribution in [0.3, 0.4) is 0 Å². The van der Waals surface area contributed by atoms with Crippen LogP contribution < -0.4 is 10.3 Å². The summed E-state index contributed by atoms with van der Waals surface area (Å²) >= 11 is 0. The maximum atomic E-state index is 11.9. The number of aromatic hydroxyl groups is 1. The molecule has 2 aromatic rings. The van der Waals surface area contributed by atoms with E-state index in [9.17, 15) is 9.90 Å². The van der Waals surface area contributed by atoms with Gasteiger partial charge in [-0.15, -0.1) is 0 Å². The Labute approximate surface area is 153 Å². The van der Waals surface area contributed by atoms with Gasteiger partial charge in [0.05, 0.1) is 6.21 Å². The number of rotatable bonds is 6. The minimum atomic E-state index is -0.0921. The minimum Gasteiger partial charge on any atom is -0.508 e. The fourth-order valence-electron chi connectivity index (χ4n) is 2.92. The van der Waals surface area contributed by atoms with Crippen molar-refractivity contribution in [1.29, 1.82) is 0 Å². The Morgan fingerprint density at radius 3 is 2.42 bits per heavy atom. The van der Waals surface area contributed by atoms with Crippen LogP contribution in [0, 0.1) is 0 Å². The number of piperazine rings is 1. The first kappa shape index (κ1) is 17.9. The van der Waals surface area contributed by atoms with Crippen LogP contribution in [0.15, 0.2) is 59.7 Å². The molecule has 0 radical (unpaired) electrons. The number of carbonyl (C=O) groups is 1. The van der Waals surface area contributed by atoms with Crippen molar-refractivity contribution in [2.45, 2.75) is 6.42 Å². The van der Waals surface area contributed by atoms with Crippen LogP contribution >= 0.6 is 0 Å². The van der Waals surface area contributed by atoms with Gasteiger partial charge in [0.1, 0.15) is 5.75 Å². The van der Waals surface area contributed by atoms with E-state index in [1.54, 1.807) is 30.5 Å². The summed E-state index contributed by atoms with van der Waals surface area (Å²) in [6.07, 6.45) is 1.99. The van der Waals surface area contributed by atoms with Gasteiger partial charge < -0.3 is 10.0 Å². The first-order valence-corrected chi connectivity index (χ1v) is 8.84. The monoisotopic (exact) mass is 352 g/mol. The molecule has 136 valence electrons. The third-order valence-corrected chi connectivity index (χ3v) is 4.44. The van der Waals surface area contributed by atoms with E-state index in [4.69, 9.17) is 0 Å². The molecular weight excluding hydrogens is 328 g/mol. The Bertz CT molecular complexity index is 723. The van der Waals surface area contributed by atoms with Crippen LogP contribution in [-0.4, -0.2) is 54.9 Å². The largest absolute Gasteiger partial charge is 0.508 e. The molecule has 2 aromatic carbocycles. The SMILES string of the molecule is O=C(CCN1CCN(c2ccccc2)CC1)N/N=C/c1ccc(O)cc1. The molecule has 1 fully saturated rings. The molecule has 2 N–H and O–H groups in total. The Morgan fingerprint density at radius 2 is 1.73 bits per heavy atom. The molecule has 0 saturated carbocycles. The summed E-state index contributed by atoms with van der Waals surface area (Å²) in [5.41, 5.74) is 4.63. The maximum absolute atomic E-state index is 11.9. The lowest BCUT2D eigenvalue weighted by atomic mass is 10.2. The molecule has 3 rings (SSSR count). The molecule has 1 amide bonds. The van der Waals surface area contributed by atoms with Gasteiger partial charge in [-0.2, -0.15) is 5.10 Å². The molecule has 1 heterocycles. The van der Waals surface area contributed by atoms with E-state index < -0.39 is 0 Å². The van der Waals surface area contributed by atoms with Crippen molar-refractivity contribution < 1.29 is 9.90 Å². The molecule has 0 spiro atoms. The third kappa shape index (κ3) is 5.32. The van der Waals surface area contributed by atoms with E-state index in [1.807, 2.05) is 6.07 Å². The summed E-state index contributed by atoms with van der Waals surface area (Å²) in [7, 11) is 0. The number of benzene rings is 2. The standard InChI is InChI=1S/C20H24N4O2/c25-19-8-6-17(7-9-19)16-21-22-20(26)10-11-23-12-14-24(15-13-23)18-4-2-1-3-5-18/h1-9,16,25H,10-15H2,(H,22,26)/b21-16+. The number of amides is 1. The fraction of sp³-hybridized carbons (Fsp3) is 0.300. The summed E-state index contributed by atoms with van der Waals surface area (Å²) in [6.45, 7) is 4.61. The smallest absolute Gasteiger partial charge is 0.241 e. The number of nitrogens with one attached hydrogen (secondary N) is 1. The molecule has 1 aliphatic heterocycles. The zero-order valence-electron chi connectivity index (χ0n) is 14.7. The van der Waals surface area contributed by atoms with Crippen LogP contribution in [0.1, 0.15) is 12.0 Å². The predicted octanol–water partition coefficient (Wildman–Crippen LogP) is 2.05. The quantitative estimate of drug-likeness (QED) is 0.617. The number of anilines is 1. The van der Waals surface area contributed by atoms with Crippen molar-refractivity contribution in [3.05, 3.63) is 60.2 Å². The molecule has 1 aliphatic rings. The van der Waals surface area contributed by atoms with Crippen molar-refractivity contribution in [1.82, 2.24) is 10.3 Å². The van der Waals surface area contributed by atoms with E-state index in [0.29, 0.717) is 6.42 Å². The average Bonchev–Trinajstić information content (AvgIpc) is 2.69. The van der Waals surface area contributed by atoms with Crippen molar-refractivity contribution in [2.24, 2.45) is 5.10 Å². The Balaban J connectivity index is 1.35. The molecule has 6 heteroatoms. The highest BCUT2D eigenvalue weighted by molar-refractivity contribution is 5.82. The van der Waals surface area contributed by atoms with Gasteiger partial charge in [0, 0.05) is 44.8 Å². The Hall–Kier alpha value is -2.86. The number of hydrazone groups is 1. The molecule has 6 nitrogen and oxygen atoms in total. The average molecular weight is 352 g/mol. The highest BCUT2D eigenvalue weighted by atomic mass is 16.3. The molecule has 0 atom stereocenters. The zero-order chi connectivity index (χ0) is 18.2. The first-order valence-electron chi connectivity index (χ1n) is 8.84. The van der Waals surface area contributed by atoms with E-state index in [0.717, 1.165) is 38.3 Å². The van der Waals surface area contributed by atoms with E-state index >= 15 is 0 Å². The third-order valence-electron chi connectivity index (χ3n) is 4.44. The molecular formula is C20H24N4O2. The fourth-order valence-corrected chi connectivity index (χ4v) is 2.92. The van der Waals surface area contributed by atoms with Crippen LogP contribution in [-0.2, 0) is 4.79 Å². The molecule has 0 unspecified atom stereocenters. The highest BCUT2D eigenvalue weighted by Crippen LogP contribution is 2.15. The number of para-hydroxylation sites is 1. The number of hydrogen-bond acceptors (Lipinski definition) is 5. The van der Waals surface area contributed by atoms with Gasteiger partial charge in [-0.1, -0.05) is 18.2 Å². The summed E-state index contributed by atoms with van der Waals surface area (Å²) in [5.74, 6) is 0.115. The van der Waals surface area contributed by atoms with Crippen LogP contribution in [0.25, 0.3) is 0 Å². The van der Waals surface area contributed by atoms with Gasteiger partial charge >= 0.3 is 0 Å². The molecule has 26 heavy (non-hydrogen) atoms. The summed E-state index contributed by atoms with van der Waals surface area (Å²) in [6, 6.07) is 17.0. The molecule has 1 saturated heterocycles. The maximum Gasteiger partial charge on any atom is 0.241 e. The molecule has 0 aromatic heterocycles. The van der Waals surface area contributed by atoms with E-state index in [2.05, 4.69) is 44.6 Å². The lowest BCUT2D eigenvalue weighted by molar-refractivity contribution is -0.121. The first-order chi connectivity index (χ1) is 12.7. The van der Waals surface area contributed by atoms with E-state index in [1.165, 1.54) is 5.69 Å². The van der Waals surface area contributed by atoms with Crippen LogP contribution in [0.5, 0.6) is 5.75 Å². The van der Waals surface area contributed by atoms with Gasteiger partial charge in [-0.3, -0.25) is 9.69 Å². The van der Waals surface area contributed by atoms with Gasteiger partial charge in [0.25, 0.3) is 0 Å². The number of phenols is 1. The summed E-state index contributed by atoms with van der Waals surface area (Å²) < 4.78 is 0. The minimum absolute atomic E-state index is 0.0921. The zero-order valence-corrected chi connectivity index (χ0v) is 14.7. The van der Waals surface area contributed by atoms with Gasteiger partial charge in [0.2, 0.25) is 5.91 Å². The van der Waals surface area contributed by atoms with Crippen molar-refractivity contribution in [3.8, 4) is 5.75 Å². The number of hydrogen-bond donors (Lipinski definition) is 2. The summed E-state index contributed by atoms with van der Waals surface area (Å²) in [4.78, 5) is 16.6. The van der Waals surface area contributed by atoms with Crippen molar-refractivity contribution >= 4 is 17.8 Å². The predicted molar refractivity (Wildman–Crippen MR) is 104 cm³/mol. The lowest BCUT2D eigenvalue weighted by Crippen LogP contribution is -2.47. The normalized spacial score (nSPS) is 15.3. The van der Waals surface area contributed by atoms with Crippen LogP contribution in [0.2, 0.25) is 0 Å². The second kappa shape index (κ2) is 9.01. The number of phenolic OH excluding ortho intramolecular Hbond substituents is 1. The lowest BCUT2D eigenvalue weighted by Gasteiger charge is -2.36. The topological polar surface area (TPSA) is 68.2 Å². The van der Waals surface area contributed by atoms with E-state index in [-0.39, 0.29) is 11.7 Å². The second-order valence-corrected chi connectivity index (χ2v) is 6.30. The molecule has 0 bridgehead atoms. The second-order valence-electron chi connectivity index (χ2n) is 6.30. The summed E-state index contributed by atoms with van der Waals surface area (Å²) in [5, 5.41) is 13.2. The van der Waals surface area contributed by atoms with Crippen molar-refractivity contribution in [3.63, 3.8) is 0 Å². The van der Waals surface area contributed by atoms with Gasteiger partial charge in [0.15, 0.2) is 0 Å². The molecule has 0 aliphatic carbocycles.